The maximum absolute atomic E-state index is 12.1. The molecule has 7 heteroatoms. The monoisotopic (exact) mass is 329 g/mol. The van der Waals surface area contributed by atoms with Gasteiger partial charge in [0.05, 0.1) is 16.8 Å². The van der Waals surface area contributed by atoms with Crippen LogP contribution in [0.1, 0.15) is 25.1 Å². The van der Waals surface area contributed by atoms with Gasteiger partial charge in [0.1, 0.15) is 5.82 Å². The molecule has 2 aromatic rings. The number of rotatable bonds is 5. The van der Waals surface area contributed by atoms with Crippen molar-refractivity contribution >= 4 is 22.8 Å². The fourth-order valence-corrected chi connectivity index (χ4v) is 3.01. The summed E-state index contributed by atoms with van der Waals surface area (Å²) in [6, 6.07) is 7.13. The molecule has 1 aliphatic rings. The van der Waals surface area contributed by atoms with Gasteiger partial charge in [-0.2, -0.15) is 0 Å². The number of aromatic amines is 1. The lowest BCUT2D eigenvalue weighted by atomic mass is 10.1. The van der Waals surface area contributed by atoms with Crippen LogP contribution in [0.3, 0.4) is 0 Å². The number of aliphatic carboxylic acids is 1. The number of H-pyrrole nitrogens is 1. The van der Waals surface area contributed by atoms with Crippen LogP contribution < -0.4 is 5.56 Å². The van der Waals surface area contributed by atoms with Gasteiger partial charge in [0.15, 0.2) is 0 Å². The van der Waals surface area contributed by atoms with Crippen LogP contribution in [-0.4, -0.2) is 44.9 Å². The van der Waals surface area contributed by atoms with Gasteiger partial charge in [0.25, 0.3) is 5.56 Å². The Morgan fingerprint density at radius 1 is 1.33 bits per heavy atom. The predicted octanol–water partition coefficient (Wildman–Crippen LogP) is 1.18. The molecule has 1 aromatic carbocycles. The molecule has 1 atom stereocenters. The van der Waals surface area contributed by atoms with E-state index in [2.05, 4.69) is 9.97 Å². The van der Waals surface area contributed by atoms with Crippen LogP contribution in [0.4, 0.5) is 0 Å². The Kier molecular flexibility index (Phi) is 4.59. The summed E-state index contributed by atoms with van der Waals surface area (Å²) in [5.74, 6) is -0.770. The molecule has 0 bridgehead atoms. The normalized spacial score (nSPS) is 17.3. The molecule has 2 N–H and O–H groups in total. The van der Waals surface area contributed by atoms with Crippen LogP contribution in [0, 0.1) is 5.92 Å². The highest BCUT2D eigenvalue weighted by molar-refractivity contribution is 5.79. The number of carboxylic acid groups (broad SMARTS) is 1. The fraction of sp³-hybridized carbons (Fsp3) is 0.412. The van der Waals surface area contributed by atoms with Crippen molar-refractivity contribution in [2.75, 3.05) is 13.1 Å². The summed E-state index contributed by atoms with van der Waals surface area (Å²) in [6.45, 7) is 0.792. The van der Waals surface area contributed by atoms with E-state index in [-0.39, 0.29) is 11.5 Å². The maximum Gasteiger partial charge on any atom is 0.308 e. The maximum atomic E-state index is 12.1. The van der Waals surface area contributed by atoms with Gasteiger partial charge in [-0.25, -0.2) is 4.98 Å². The average Bonchev–Trinajstić information content (AvgIpc) is 3.05. The number of benzene rings is 1. The van der Waals surface area contributed by atoms with Gasteiger partial charge in [0, 0.05) is 25.9 Å². The Balaban J connectivity index is 1.56. The molecule has 1 amide bonds. The quantitative estimate of drug-likeness (QED) is 0.857. The predicted molar refractivity (Wildman–Crippen MR) is 87.6 cm³/mol. The first kappa shape index (κ1) is 16.2. The van der Waals surface area contributed by atoms with Crippen molar-refractivity contribution in [3.63, 3.8) is 0 Å². The second-order valence-corrected chi connectivity index (χ2v) is 6.05. The largest absolute Gasteiger partial charge is 0.481 e. The fourth-order valence-electron chi connectivity index (χ4n) is 3.01. The molecule has 3 rings (SSSR count). The second-order valence-electron chi connectivity index (χ2n) is 6.05. The summed E-state index contributed by atoms with van der Waals surface area (Å²) in [4.78, 5) is 43.8. The third-order valence-electron chi connectivity index (χ3n) is 4.36. The molecule has 0 radical (unpaired) electrons. The zero-order valence-electron chi connectivity index (χ0n) is 13.2. The van der Waals surface area contributed by atoms with E-state index < -0.39 is 11.9 Å². The third-order valence-corrected chi connectivity index (χ3v) is 4.36. The highest BCUT2D eigenvalue weighted by Gasteiger charge is 2.30. The van der Waals surface area contributed by atoms with Crippen molar-refractivity contribution in [2.45, 2.75) is 25.7 Å². The van der Waals surface area contributed by atoms with Crippen molar-refractivity contribution in [1.29, 1.82) is 0 Å². The Hall–Kier alpha value is -2.70. The van der Waals surface area contributed by atoms with Gasteiger partial charge in [0.2, 0.25) is 5.91 Å². The van der Waals surface area contributed by atoms with E-state index >= 15 is 0 Å². The van der Waals surface area contributed by atoms with E-state index in [1.54, 1.807) is 23.1 Å². The molecule has 1 aromatic heterocycles. The van der Waals surface area contributed by atoms with Crippen LogP contribution in [-0.2, 0) is 16.0 Å². The van der Waals surface area contributed by atoms with E-state index in [4.69, 9.17) is 5.11 Å². The van der Waals surface area contributed by atoms with Crippen LogP contribution >= 0.6 is 0 Å². The molecule has 7 nitrogen and oxygen atoms in total. The topological polar surface area (TPSA) is 103 Å². The number of aromatic nitrogens is 2. The summed E-state index contributed by atoms with van der Waals surface area (Å²) in [6.07, 6.45) is 1.90. The number of nitrogens with one attached hydrogen (secondary N) is 1. The summed E-state index contributed by atoms with van der Waals surface area (Å²) in [5.41, 5.74) is 0.470. The third kappa shape index (κ3) is 3.45. The van der Waals surface area contributed by atoms with Gasteiger partial charge in [-0.1, -0.05) is 12.1 Å². The number of likely N-dealkylation sites (tertiary alicyclic amines) is 1. The van der Waals surface area contributed by atoms with Crippen molar-refractivity contribution < 1.29 is 14.7 Å². The molecule has 2 heterocycles. The summed E-state index contributed by atoms with van der Waals surface area (Å²) in [7, 11) is 0. The van der Waals surface area contributed by atoms with E-state index in [9.17, 15) is 14.4 Å². The number of carboxylic acids is 1. The number of hydrogen-bond acceptors (Lipinski definition) is 4. The Bertz CT molecular complexity index is 830. The summed E-state index contributed by atoms with van der Waals surface area (Å²) in [5, 5.41) is 9.52. The first-order valence-electron chi connectivity index (χ1n) is 8.03. The molecular weight excluding hydrogens is 310 g/mol. The molecule has 0 spiro atoms. The molecular formula is C17H19N3O4. The number of aryl methyl sites for hydroxylation is 1. The van der Waals surface area contributed by atoms with Crippen LogP contribution in [0.2, 0.25) is 0 Å². The van der Waals surface area contributed by atoms with Crippen molar-refractivity contribution in [3.05, 3.63) is 40.4 Å². The van der Waals surface area contributed by atoms with Gasteiger partial charge in [-0.15, -0.1) is 0 Å². The Morgan fingerprint density at radius 2 is 2.12 bits per heavy atom. The Labute approximate surface area is 138 Å². The number of para-hydroxylation sites is 1. The molecule has 0 saturated carbocycles. The molecule has 126 valence electrons. The highest BCUT2D eigenvalue weighted by atomic mass is 16.4. The molecule has 1 unspecified atom stereocenters. The molecule has 0 aliphatic carbocycles. The Morgan fingerprint density at radius 3 is 2.88 bits per heavy atom. The summed E-state index contributed by atoms with van der Waals surface area (Å²) < 4.78 is 0. The van der Waals surface area contributed by atoms with E-state index in [0.717, 1.165) is 0 Å². The number of nitrogens with zero attached hydrogens (tertiary/aromatic N) is 2. The zero-order chi connectivity index (χ0) is 17.1. The minimum absolute atomic E-state index is 0.0399. The molecule has 1 aliphatic heterocycles. The van der Waals surface area contributed by atoms with Crippen LogP contribution in [0.15, 0.2) is 29.1 Å². The molecule has 24 heavy (non-hydrogen) atoms. The number of amides is 1. The highest BCUT2D eigenvalue weighted by Crippen LogP contribution is 2.18. The van der Waals surface area contributed by atoms with Crippen LogP contribution in [0.5, 0.6) is 0 Å². The van der Waals surface area contributed by atoms with E-state index in [0.29, 0.717) is 55.5 Å². The van der Waals surface area contributed by atoms with Crippen molar-refractivity contribution in [1.82, 2.24) is 14.9 Å². The minimum Gasteiger partial charge on any atom is -0.481 e. The summed E-state index contributed by atoms with van der Waals surface area (Å²) >= 11 is 0. The number of hydrogen-bond donors (Lipinski definition) is 2. The smallest absolute Gasteiger partial charge is 0.308 e. The first-order chi connectivity index (χ1) is 11.5. The minimum atomic E-state index is -0.844. The molecule has 1 fully saturated rings. The number of carbonyl (C=O) groups excluding carboxylic acids is 1. The van der Waals surface area contributed by atoms with Gasteiger partial charge >= 0.3 is 5.97 Å². The average molecular weight is 329 g/mol. The molecule has 1 saturated heterocycles. The van der Waals surface area contributed by atoms with E-state index in [1.165, 1.54) is 0 Å². The van der Waals surface area contributed by atoms with Gasteiger partial charge in [-0.3, -0.25) is 14.4 Å². The lowest BCUT2D eigenvalue weighted by Gasteiger charge is -2.15. The first-order valence-corrected chi connectivity index (χ1v) is 8.03. The zero-order valence-corrected chi connectivity index (χ0v) is 13.2. The van der Waals surface area contributed by atoms with E-state index in [1.807, 2.05) is 6.07 Å². The van der Waals surface area contributed by atoms with Crippen LogP contribution in [0.25, 0.3) is 10.9 Å². The van der Waals surface area contributed by atoms with Crippen molar-refractivity contribution in [2.24, 2.45) is 5.92 Å². The SMILES string of the molecule is O=C(O)C1CCN(C(=O)CCCc2nc3ccccc3c(=O)[nH]2)C1. The lowest BCUT2D eigenvalue weighted by Crippen LogP contribution is -2.29. The second kappa shape index (κ2) is 6.82. The number of carbonyl (C=O) groups is 2. The van der Waals surface area contributed by atoms with Gasteiger partial charge in [-0.05, 0) is 25.0 Å². The standard InChI is InChI=1S/C17H19N3O4/c21-15(20-9-8-11(10-20)17(23)24)7-3-6-14-18-13-5-2-1-4-12(13)16(22)19-14/h1-2,4-5,11H,3,6-10H2,(H,23,24)(H,18,19,22). The van der Waals surface area contributed by atoms with Gasteiger partial charge < -0.3 is 15.0 Å². The van der Waals surface area contributed by atoms with Crippen molar-refractivity contribution in [3.8, 4) is 0 Å². The lowest BCUT2D eigenvalue weighted by molar-refractivity contribution is -0.141. The number of fused-ring (bicyclic) bond motifs is 1.